The summed E-state index contributed by atoms with van der Waals surface area (Å²) in [5.41, 5.74) is -0.0952. The maximum absolute atomic E-state index is 12.3. The number of nitrogens with one attached hydrogen (secondary N) is 1. The van der Waals surface area contributed by atoms with Gasteiger partial charge in [0.2, 0.25) is 0 Å². The summed E-state index contributed by atoms with van der Waals surface area (Å²) < 4.78 is 6.48. The van der Waals surface area contributed by atoms with Crippen LogP contribution in [0.2, 0.25) is 0 Å². The van der Waals surface area contributed by atoms with Crippen LogP contribution in [0.3, 0.4) is 0 Å². The molecule has 0 aliphatic carbocycles. The van der Waals surface area contributed by atoms with Crippen LogP contribution in [0.4, 0.5) is 11.4 Å². The number of halogens is 1. The van der Waals surface area contributed by atoms with E-state index in [9.17, 15) is 25.0 Å². The third-order valence-corrected chi connectivity index (χ3v) is 6.11. The Hall–Kier alpha value is -3.18. The van der Waals surface area contributed by atoms with Gasteiger partial charge in [-0.2, -0.15) is 11.8 Å². The normalized spacial score (nSPS) is 10.7. The van der Waals surface area contributed by atoms with E-state index in [4.69, 9.17) is 4.74 Å². The molecule has 0 atom stereocenters. The predicted octanol–water partition coefficient (Wildman–Crippen LogP) is 5.09. The van der Waals surface area contributed by atoms with Gasteiger partial charge in [0.25, 0.3) is 17.3 Å². The molecule has 1 amide bonds. The topological polar surface area (TPSA) is 125 Å². The first kappa shape index (κ1) is 23.5. The quantitative estimate of drug-likeness (QED) is 0.237. The fourth-order valence-corrected chi connectivity index (χ4v) is 4.41. The molecule has 3 aromatic rings. The van der Waals surface area contributed by atoms with Crippen molar-refractivity contribution in [3.8, 4) is 5.75 Å². The Morgan fingerprint density at radius 2 is 1.75 bits per heavy atom. The molecular formula is C21H18BrN3O6S. The fourth-order valence-electron chi connectivity index (χ4n) is 3.14. The van der Waals surface area contributed by atoms with Crippen molar-refractivity contribution >= 4 is 55.7 Å². The molecule has 0 aliphatic rings. The maximum Gasteiger partial charge on any atom is 0.277 e. The van der Waals surface area contributed by atoms with Gasteiger partial charge in [-0.3, -0.25) is 25.0 Å². The van der Waals surface area contributed by atoms with Crippen LogP contribution in [0.1, 0.15) is 15.9 Å². The number of methoxy groups -OCH3 is 1. The smallest absolute Gasteiger partial charge is 0.277 e. The minimum atomic E-state index is -0.768. The lowest BCUT2D eigenvalue weighted by molar-refractivity contribution is -0.394. The van der Waals surface area contributed by atoms with Crippen molar-refractivity contribution in [1.82, 2.24) is 5.32 Å². The second-order valence-electron chi connectivity index (χ2n) is 6.67. The summed E-state index contributed by atoms with van der Waals surface area (Å²) in [5, 5.41) is 26.8. The number of benzene rings is 3. The molecule has 0 radical (unpaired) electrons. The Bertz CT molecular complexity index is 1170. The molecular weight excluding hydrogens is 502 g/mol. The predicted molar refractivity (Wildman–Crippen MR) is 126 cm³/mol. The van der Waals surface area contributed by atoms with Crippen molar-refractivity contribution in [3.63, 3.8) is 0 Å². The lowest BCUT2D eigenvalue weighted by Crippen LogP contribution is -2.26. The number of thioether (sulfide) groups is 1. The van der Waals surface area contributed by atoms with Gasteiger partial charge >= 0.3 is 0 Å². The summed E-state index contributed by atoms with van der Waals surface area (Å²) in [7, 11) is 1.62. The van der Waals surface area contributed by atoms with E-state index >= 15 is 0 Å². The molecule has 0 saturated carbocycles. The van der Waals surface area contributed by atoms with Crippen LogP contribution in [-0.2, 0) is 5.75 Å². The number of fused-ring (bicyclic) bond motifs is 1. The van der Waals surface area contributed by atoms with Gasteiger partial charge in [0.1, 0.15) is 5.75 Å². The number of nitrogens with zero attached hydrogens (tertiary/aromatic N) is 2. The van der Waals surface area contributed by atoms with Crippen molar-refractivity contribution < 1.29 is 19.4 Å². The number of carbonyl (C=O) groups is 1. The Kier molecular flexibility index (Phi) is 7.65. The average molecular weight is 520 g/mol. The molecule has 1 N–H and O–H groups in total. The van der Waals surface area contributed by atoms with Crippen LogP contribution >= 0.6 is 27.7 Å². The van der Waals surface area contributed by atoms with Crippen LogP contribution in [0, 0.1) is 20.2 Å². The highest BCUT2D eigenvalue weighted by atomic mass is 79.9. The summed E-state index contributed by atoms with van der Waals surface area (Å²) in [4.78, 5) is 32.8. The monoisotopic (exact) mass is 519 g/mol. The SMILES string of the molecule is COc1ccc2cc(Br)ccc2c1CSCCNC(=O)c1cc([N+](=O)[O-])cc([N+](=O)[O-])c1. The highest BCUT2D eigenvalue weighted by Crippen LogP contribution is 2.32. The second kappa shape index (κ2) is 10.4. The Morgan fingerprint density at radius 1 is 1.06 bits per heavy atom. The third kappa shape index (κ3) is 5.54. The highest BCUT2D eigenvalue weighted by Gasteiger charge is 2.19. The Labute approximate surface area is 195 Å². The van der Waals surface area contributed by atoms with Crippen LogP contribution in [0.25, 0.3) is 10.8 Å². The van der Waals surface area contributed by atoms with E-state index in [0.29, 0.717) is 18.1 Å². The third-order valence-electron chi connectivity index (χ3n) is 4.64. The summed E-state index contributed by atoms with van der Waals surface area (Å²) in [5.74, 6) is 1.39. The molecule has 166 valence electrons. The van der Waals surface area contributed by atoms with Gasteiger partial charge in [-0.15, -0.1) is 0 Å². The first-order valence-electron chi connectivity index (χ1n) is 9.35. The maximum atomic E-state index is 12.3. The van der Waals surface area contributed by atoms with E-state index in [1.165, 1.54) is 0 Å². The highest BCUT2D eigenvalue weighted by molar-refractivity contribution is 9.10. The van der Waals surface area contributed by atoms with Crippen LogP contribution < -0.4 is 10.1 Å². The van der Waals surface area contributed by atoms with Crippen LogP contribution in [0.15, 0.2) is 53.0 Å². The number of hydrogen-bond donors (Lipinski definition) is 1. The van der Waals surface area contributed by atoms with Gasteiger partial charge in [0.15, 0.2) is 0 Å². The number of rotatable bonds is 9. The number of non-ortho nitro benzene ring substituents is 2. The van der Waals surface area contributed by atoms with E-state index in [1.807, 2.05) is 30.3 Å². The number of carbonyl (C=O) groups excluding carboxylic acids is 1. The zero-order valence-corrected chi connectivity index (χ0v) is 19.3. The van der Waals surface area contributed by atoms with Gasteiger partial charge < -0.3 is 10.1 Å². The molecule has 0 aromatic heterocycles. The molecule has 0 saturated heterocycles. The Morgan fingerprint density at radius 3 is 2.38 bits per heavy atom. The number of amides is 1. The summed E-state index contributed by atoms with van der Waals surface area (Å²) in [6.45, 7) is 0.290. The summed E-state index contributed by atoms with van der Waals surface area (Å²) in [6.07, 6.45) is 0. The zero-order chi connectivity index (χ0) is 23.3. The van der Waals surface area contributed by atoms with E-state index in [2.05, 4.69) is 21.2 Å². The first-order chi connectivity index (χ1) is 15.3. The number of hydrogen-bond acceptors (Lipinski definition) is 7. The Balaban J connectivity index is 1.62. The van der Waals surface area contributed by atoms with Gasteiger partial charge in [-0.1, -0.05) is 28.1 Å². The van der Waals surface area contributed by atoms with Crippen molar-refractivity contribution in [2.24, 2.45) is 0 Å². The molecule has 0 heterocycles. The van der Waals surface area contributed by atoms with E-state index in [1.54, 1.807) is 18.9 Å². The molecule has 3 rings (SSSR count). The molecule has 0 spiro atoms. The molecule has 0 aliphatic heterocycles. The second-order valence-corrected chi connectivity index (χ2v) is 8.69. The molecule has 3 aromatic carbocycles. The lowest BCUT2D eigenvalue weighted by Gasteiger charge is -2.12. The van der Waals surface area contributed by atoms with Crippen molar-refractivity contribution in [2.45, 2.75) is 5.75 Å². The first-order valence-corrected chi connectivity index (χ1v) is 11.3. The van der Waals surface area contributed by atoms with Crippen molar-refractivity contribution in [2.75, 3.05) is 19.4 Å². The van der Waals surface area contributed by atoms with E-state index in [-0.39, 0.29) is 5.56 Å². The molecule has 11 heteroatoms. The van der Waals surface area contributed by atoms with Gasteiger partial charge in [-0.25, -0.2) is 0 Å². The average Bonchev–Trinajstić information content (AvgIpc) is 2.77. The number of nitro groups is 2. The van der Waals surface area contributed by atoms with Crippen molar-refractivity contribution in [1.29, 1.82) is 0 Å². The zero-order valence-electron chi connectivity index (χ0n) is 16.9. The fraction of sp³-hybridized carbons (Fsp3) is 0.190. The van der Waals surface area contributed by atoms with E-state index in [0.717, 1.165) is 44.8 Å². The number of nitro benzene ring substituents is 2. The van der Waals surface area contributed by atoms with Crippen LogP contribution in [-0.4, -0.2) is 35.2 Å². The number of ether oxygens (including phenoxy) is 1. The van der Waals surface area contributed by atoms with Crippen LogP contribution in [0.5, 0.6) is 5.75 Å². The molecule has 0 fully saturated rings. The summed E-state index contributed by atoms with van der Waals surface area (Å²) in [6, 6.07) is 12.8. The van der Waals surface area contributed by atoms with Gasteiger partial charge in [-0.05, 0) is 29.0 Å². The minimum Gasteiger partial charge on any atom is -0.496 e. The van der Waals surface area contributed by atoms with Crippen molar-refractivity contribution in [3.05, 3.63) is 84.4 Å². The minimum absolute atomic E-state index is 0.128. The standard InChI is InChI=1S/C21H18BrN3O6S/c1-31-20-5-2-13-8-15(22)3-4-18(13)19(20)12-32-7-6-23-21(26)14-9-16(24(27)28)11-17(10-14)25(29)30/h2-5,8-11H,6-7,12H2,1H3,(H,23,26). The van der Waals surface area contributed by atoms with Gasteiger partial charge in [0, 0.05) is 40.2 Å². The molecule has 0 bridgehead atoms. The lowest BCUT2D eigenvalue weighted by atomic mass is 10.0. The van der Waals surface area contributed by atoms with Gasteiger partial charge in [0.05, 0.1) is 28.6 Å². The molecule has 32 heavy (non-hydrogen) atoms. The van der Waals surface area contributed by atoms with E-state index < -0.39 is 27.1 Å². The largest absolute Gasteiger partial charge is 0.496 e. The molecule has 0 unspecified atom stereocenters. The summed E-state index contributed by atoms with van der Waals surface area (Å²) >= 11 is 5.06. The molecule has 9 nitrogen and oxygen atoms in total.